The van der Waals surface area contributed by atoms with Gasteiger partial charge in [-0.3, -0.25) is 4.79 Å². The molecule has 0 aliphatic carbocycles. The van der Waals surface area contributed by atoms with Gasteiger partial charge in [0, 0.05) is 5.56 Å². The van der Waals surface area contributed by atoms with Crippen LogP contribution in [0.4, 0.5) is 18.9 Å². The summed E-state index contributed by atoms with van der Waals surface area (Å²) in [6, 6.07) is 11.2. The molecule has 1 heterocycles. The van der Waals surface area contributed by atoms with Crippen molar-refractivity contribution in [1.82, 2.24) is 0 Å². The number of anilines is 1. The number of aryl methyl sites for hydroxylation is 1. The van der Waals surface area contributed by atoms with Crippen LogP contribution in [0, 0.1) is 6.92 Å². The molecule has 0 aromatic heterocycles. The predicted octanol–water partition coefficient (Wildman–Crippen LogP) is 0.945. The van der Waals surface area contributed by atoms with Crippen LogP contribution >= 0.6 is 0 Å². The Morgan fingerprint density at radius 1 is 1.07 bits per heavy atom. The number of piperazine rings is 1. The number of carbonyl (C=O) groups is 1. The van der Waals surface area contributed by atoms with E-state index in [1.54, 1.807) is 13.2 Å². The van der Waals surface area contributed by atoms with E-state index in [-0.39, 0.29) is 5.91 Å². The first kappa shape index (κ1) is 22.1. The topological polar surface area (TPSA) is 47.2 Å². The molecule has 0 spiro atoms. The van der Waals surface area contributed by atoms with Gasteiger partial charge < -0.3 is 19.9 Å². The molecule has 8 heteroatoms. The lowest BCUT2D eigenvalue weighted by atomic mass is 10.1. The second-order valence-electron chi connectivity index (χ2n) is 7.80. The van der Waals surface area contributed by atoms with E-state index in [4.69, 9.17) is 4.74 Å². The summed E-state index contributed by atoms with van der Waals surface area (Å²) in [6.07, 6.45) is -4.32. The largest absolute Gasteiger partial charge is 0.495 e. The van der Waals surface area contributed by atoms with E-state index in [1.807, 2.05) is 25.1 Å². The van der Waals surface area contributed by atoms with Crippen LogP contribution < -0.4 is 19.9 Å². The third-order valence-electron chi connectivity index (χ3n) is 5.41. The molecule has 1 saturated heterocycles. The zero-order valence-electron chi connectivity index (χ0n) is 17.2. The highest BCUT2D eigenvalue weighted by Gasteiger charge is 2.31. The number of carbonyl (C=O) groups excluding carboxylic acids is 1. The molecule has 1 aliphatic heterocycles. The maximum atomic E-state index is 12.9. The summed E-state index contributed by atoms with van der Waals surface area (Å²) in [7, 11) is 1.57. The molecular weight excluding hydrogens is 395 g/mol. The quantitative estimate of drug-likeness (QED) is 0.648. The average Bonchev–Trinajstić information content (AvgIpc) is 2.69. The number of halogens is 3. The molecule has 0 unspecified atom stereocenters. The lowest BCUT2D eigenvalue weighted by molar-refractivity contribution is -1.02. The summed E-state index contributed by atoms with van der Waals surface area (Å²) in [5.41, 5.74) is 1.78. The second-order valence-corrected chi connectivity index (χ2v) is 7.80. The zero-order chi connectivity index (χ0) is 21.7. The highest BCUT2D eigenvalue weighted by atomic mass is 19.4. The molecule has 30 heavy (non-hydrogen) atoms. The summed E-state index contributed by atoms with van der Waals surface area (Å²) in [5.74, 6) is 0.550. The van der Waals surface area contributed by atoms with Crippen LogP contribution in [-0.2, 0) is 17.5 Å². The van der Waals surface area contributed by atoms with E-state index in [0.29, 0.717) is 30.1 Å². The van der Waals surface area contributed by atoms with Crippen LogP contribution in [0.3, 0.4) is 0 Å². The summed E-state index contributed by atoms with van der Waals surface area (Å²) >= 11 is 0. The molecule has 0 saturated carbocycles. The fraction of sp³-hybridized carbons (Fsp3) is 0.409. The van der Waals surface area contributed by atoms with E-state index in [2.05, 4.69) is 5.32 Å². The summed E-state index contributed by atoms with van der Waals surface area (Å²) in [4.78, 5) is 14.9. The summed E-state index contributed by atoms with van der Waals surface area (Å²) < 4.78 is 44.0. The van der Waals surface area contributed by atoms with Crippen LogP contribution in [-0.4, -0.2) is 45.7 Å². The normalized spacial score (nSPS) is 19.4. The number of hydrogen-bond donors (Lipinski definition) is 3. The Labute approximate surface area is 174 Å². The number of amides is 1. The molecule has 0 atom stereocenters. The highest BCUT2D eigenvalue weighted by Crippen LogP contribution is 2.29. The lowest BCUT2D eigenvalue weighted by Crippen LogP contribution is -3.28. The molecule has 2 aromatic carbocycles. The van der Waals surface area contributed by atoms with E-state index >= 15 is 0 Å². The molecular formula is C22H28F3N3O2+2. The van der Waals surface area contributed by atoms with E-state index in [1.165, 1.54) is 21.9 Å². The second kappa shape index (κ2) is 9.49. The molecule has 3 N–H and O–H groups in total. The number of alkyl halides is 3. The molecule has 1 amide bonds. The lowest BCUT2D eigenvalue weighted by Gasteiger charge is -2.29. The van der Waals surface area contributed by atoms with Crippen molar-refractivity contribution in [3.05, 3.63) is 59.2 Å². The molecule has 1 fully saturated rings. The van der Waals surface area contributed by atoms with E-state index in [0.717, 1.165) is 37.8 Å². The fourth-order valence-corrected chi connectivity index (χ4v) is 3.80. The van der Waals surface area contributed by atoms with Crippen molar-refractivity contribution in [2.75, 3.05) is 45.2 Å². The van der Waals surface area contributed by atoms with Crippen molar-refractivity contribution in [3.63, 3.8) is 0 Å². The Bertz CT molecular complexity index is 878. The minimum Gasteiger partial charge on any atom is -0.495 e. The molecule has 3 rings (SSSR count). The number of nitrogens with one attached hydrogen (secondary N) is 3. The van der Waals surface area contributed by atoms with Crippen molar-refractivity contribution < 1.29 is 32.5 Å². The average molecular weight is 423 g/mol. The van der Waals surface area contributed by atoms with Crippen molar-refractivity contribution in [3.8, 4) is 5.75 Å². The van der Waals surface area contributed by atoms with Gasteiger partial charge in [-0.1, -0.05) is 18.2 Å². The molecule has 0 radical (unpaired) electrons. The Kier molecular flexibility index (Phi) is 6.99. The van der Waals surface area contributed by atoms with Crippen LogP contribution in [0.2, 0.25) is 0 Å². The monoisotopic (exact) mass is 423 g/mol. The van der Waals surface area contributed by atoms with Crippen LogP contribution in [0.25, 0.3) is 0 Å². The van der Waals surface area contributed by atoms with Gasteiger partial charge >= 0.3 is 6.18 Å². The van der Waals surface area contributed by atoms with Gasteiger partial charge in [0.1, 0.15) is 38.5 Å². The van der Waals surface area contributed by atoms with E-state index < -0.39 is 11.7 Å². The van der Waals surface area contributed by atoms with Gasteiger partial charge in [0.15, 0.2) is 6.54 Å². The van der Waals surface area contributed by atoms with Crippen molar-refractivity contribution in [2.24, 2.45) is 0 Å². The predicted molar refractivity (Wildman–Crippen MR) is 108 cm³/mol. The van der Waals surface area contributed by atoms with Gasteiger partial charge in [0.25, 0.3) is 5.91 Å². The van der Waals surface area contributed by atoms with Gasteiger partial charge in [-0.05, 0) is 36.8 Å². The summed E-state index contributed by atoms with van der Waals surface area (Å²) in [5, 5.41) is 2.92. The van der Waals surface area contributed by atoms with Gasteiger partial charge in [-0.2, -0.15) is 13.2 Å². The van der Waals surface area contributed by atoms with Crippen LogP contribution in [0.15, 0.2) is 42.5 Å². The number of quaternary nitrogens is 2. The minimum absolute atomic E-state index is 0.0739. The van der Waals surface area contributed by atoms with Gasteiger partial charge in [-0.15, -0.1) is 0 Å². The third-order valence-corrected chi connectivity index (χ3v) is 5.41. The molecule has 162 valence electrons. The van der Waals surface area contributed by atoms with Crippen molar-refractivity contribution >= 4 is 11.6 Å². The highest BCUT2D eigenvalue weighted by molar-refractivity contribution is 5.93. The van der Waals surface area contributed by atoms with E-state index in [9.17, 15) is 18.0 Å². The number of hydrogen-bond acceptors (Lipinski definition) is 2. The van der Waals surface area contributed by atoms with Gasteiger partial charge in [-0.25, -0.2) is 0 Å². The maximum Gasteiger partial charge on any atom is 0.416 e. The smallest absolute Gasteiger partial charge is 0.416 e. The first-order valence-corrected chi connectivity index (χ1v) is 10.0. The SMILES string of the molecule is COc1ccc(C)cc1NC(=O)C[NH+]1CC[NH+](Cc2cccc(C(F)(F)F)c2)CC1. The van der Waals surface area contributed by atoms with Crippen LogP contribution in [0.1, 0.15) is 16.7 Å². The Morgan fingerprint density at radius 3 is 2.43 bits per heavy atom. The molecule has 0 bridgehead atoms. The number of rotatable bonds is 6. The Morgan fingerprint density at radius 2 is 1.77 bits per heavy atom. The maximum absolute atomic E-state index is 12.9. The molecule has 2 aromatic rings. The molecule has 5 nitrogen and oxygen atoms in total. The Hall–Kier alpha value is -2.58. The standard InChI is InChI=1S/C22H26F3N3O2/c1-16-6-7-20(30-2)19(12-16)26-21(29)15-28-10-8-27(9-11-28)14-17-4-3-5-18(13-17)22(23,24)25/h3-7,12-13H,8-11,14-15H2,1-2H3,(H,26,29)/p+2. The number of benzene rings is 2. The number of methoxy groups -OCH3 is 1. The van der Waals surface area contributed by atoms with Crippen molar-refractivity contribution in [1.29, 1.82) is 0 Å². The van der Waals surface area contributed by atoms with Crippen LogP contribution in [0.5, 0.6) is 5.75 Å². The zero-order valence-corrected chi connectivity index (χ0v) is 17.2. The van der Waals surface area contributed by atoms with Crippen molar-refractivity contribution in [2.45, 2.75) is 19.6 Å². The first-order chi connectivity index (χ1) is 14.2. The van der Waals surface area contributed by atoms with Gasteiger partial charge in [0.05, 0.1) is 18.4 Å². The Balaban J connectivity index is 1.49. The third kappa shape index (κ3) is 5.96. The molecule has 1 aliphatic rings. The van der Waals surface area contributed by atoms with Gasteiger partial charge in [0.2, 0.25) is 0 Å². The number of ether oxygens (including phenoxy) is 1. The minimum atomic E-state index is -4.32. The first-order valence-electron chi connectivity index (χ1n) is 10.0. The fourth-order valence-electron chi connectivity index (χ4n) is 3.80. The summed E-state index contributed by atoms with van der Waals surface area (Å²) in [6.45, 7) is 6.09.